The number of hydrogen-bond acceptors (Lipinski definition) is 2. The second-order valence-electron chi connectivity index (χ2n) is 3.78. The molecule has 0 amide bonds. The summed E-state index contributed by atoms with van der Waals surface area (Å²) in [6.45, 7) is 0. The van der Waals surface area contributed by atoms with Gasteiger partial charge in [-0.2, -0.15) is 0 Å². The van der Waals surface area contributed by atoms with Crippen molar-refractivity contribution in [2.24, 2.45) is 0 Å². The van der Waals surface area contributed by atoms with E-state index in [4.69, 9.17) is 0 Å². The molecule has 0 aromatic heterocycles. The molecule has 0 spiro atoms. The lowest BCUT2D eigenvalue weighted by molar-refractivity contribution is 0.588. The summed E-state index contributed by atoms with van der Waals surface area (Å²) in [6, 6.07) is 10.1. The highest BCUT2D eigenvalue weighted by Gasteiger charge is 2.19. The Kier molecular flexibility index (Phi) is 3.17. The number of rotatable bonds is 2. The Balaban J connectivity index is 2.81. The minimum Gasteiger partial charge on any atom is -0.224 e. The van der Waals surface area contributed by atoms with Crippen LogP contribution in [0.2, 0.25) is 0 Å². The number of halogens is 2. The lowest BCUT2D eigenvalue weighted by atomic mass is 10.0. The van der Waals surface area contributed by atoms with Gasteiger partial charge >= 0.3 is 0 Å². The zero-order chi connectivity index (χ0) is 13.3. The molecule has 0 atom stereocenters. The third kappa shape index (κ3) is 2.26. The van der Waals surface area contributed by atoms with Crippen LogP contribution in [-0.4, -0.2) is 14.7 Å². The fourth-order valence-corrected chi connectivity index (χ4v) is 2.53. The quantitative estimate of drug-likeness (QED) is 0.838. The van der Waals surface area contributed by atoms with Crippen LogP contribution >= 0.6 is 0 Å². The van der Waals surface area contributed by atoms with Crippen LogP contribution < -0.4 is 0 Å². The van der Waals surface area contributed by atoms with Gasteiger partial charge in [0.1, 0.15) is 11.6 Å². The van der Waals surface area contributed by atoms with E-state index in [1.165, 1.54) is 24.3 Å². The molecule has 1 radical (unpaired) electrons. The highest BCUT2D eigenvalue weighted by atomic mass is 32.2. The fourth-order valence-electron chi connectivity index (χ4n) is 1.68. The van der Waals surface area contributed by atoms with Gasteiger partial charge in [-0.3, -0.25) is 0 Å². The van der Waals surface area contributed by atoms with E-state index in [1.54, 1.807) is 0 Å². The van der Waals surface area contributed by atoms with Crippen molar-refractivity contribution in [1.29, 1.82) is 0 Å². The van der Waals surface area contributed by atoms with Crippen LogP contribution in [0.5, 0.6) is 0 Å². The Morgan fingerprint density at radius 3 is 2.22 bits per heavy atom. The first kappa shape index (κ1) is 12.7. The first-order valence-electron chi connectivity index (χ1n) is 5.06. The van der Waals surface area contributed by atoms with Crippen LogP contribution in [0, 0.1) is 17.7 Å². The maximum Gasteiger partial charge on any atom is 0.176 e. The molecular weight excluding hydrogens is 258 g/mol. The molecule has 5 heteroatoms. The zero-order valence-corrected chi connectivity index (χ0v) is 10.3. The third-order valence-electron chi connectivity index (χ3n) is 2.42. The van der Waals surface area contributed by atoms with E-state index in [1.807, 2.05) is 0 Å². The minimum absolute atomic E-state index is 0.0180. The van der Waals surface area contributed by atoms with Crippen LogP contribution in [0.3, 0.4) is 0 Å². The van der Waals surface area contributed by atoms with E-state index in [9.17, 15) is 17.2 Å². The van der Waals surface area contributed by atoms with Gasteiger partial charge in [0.25, 0.3) is 0 Å². The number of benzene rings is 2. The van der Waals surface area contributed by atoms with Crippen LogP contribution in [0.15, 0.2) is 41.3 Å². The average molecular weight is 267 g/mol. The molecule has 0 N–H and O–H groups in total. The van der Waals surface area contributed by atoms with Crippen molar-refractivity contribution in [2.75, 3.05) is 6.26 Å². The van der Waals surface area contributed by atoms with Gasteiger partial charge in [0.2, 0.25) is 0 Å². The van der Waals surface area contributed by atoms with Crippen molar-refractivity contribution in [1.82, 2.24) is 0 Å². The lowest BCUT2D eigenvalue weighted by Crippen LogP contribution is -2.02. The van der Waals surface area contributed by atoms with Crippen molar-refractivity contribution in [3.8, 4) is 11.1 Å². The number of sulfone groups is 1. The van der Waals surface area contributed by atoms with Gasteiger partial charge in [0.05, 0.1) is 10.5 Å². The summed E-state index contributed by atoms with van der Waals surface area (Å²) in [4.78, 5) is -0.214. The lowest BCUT2D eigenvalue weighted by Gasteiger charge is -2.09. The van der Waals surface area contributed by atoms with E-state index < -0.39 is 21.5 Å². The Labute approximate surface area is 104 Å². The Bertz CT molecular complexity index is 674. The zero-order valence-electron chi connectivity index (χ0n) is 9.44. The smallest absolute Gasteiger partial charge is 0.176 e. The monoisotopic (exact) mass is 267 g/mol. The molecule has 0 heterocycles. The minimum atomic E-state index is -3.60. The second-order valence-corrected chi connectivity index (χ2v) is 5.73. The SMILES string of the molecule is CS(=O)(=O)c1[c]cccc1-c1c(F)cccc1F. The molecular formula is C13H9F2O2S. The van der Waals surface area contributed by atoms with E-state index in [-0.39, 0.29) is 16.0 Å². The molecule has 0 unspecified atom stereocenters. The molecule has 0 saturated carbocycles. The molecule has 0 aliphatic carbocycles. The summed E-state index contributed by atoms with van der Waals surface area (Å²) in [7, 11) is -3.60. The maximum atomic E-state index is 13.7. The molecule has 2 nitrogen and oxygen atoms in total. The predicted molar refractivity (Wildman–Crippen MR) is 63.7 cm³/mol. The van der Waals surface area contributed by atoms with Crippen LogP contribution in [-0.2, 0) is 9.84 Å². The molecule has 2 aromatic carbocycles. The van der Waals surface area contributed by atoms with E-state index >= 15 is 0 Å². The summed E-state index contributed by atoms with van der Waals surface area (Å²) in [5.41, 5.74) is -0.370. The molecule has 0 bridgehead atoms. The first-order valence-corrected chi connectivity index (χ1v) is 6.95. The summed E-state index contributed by atoms with van der Waals surface area (Å²) < 4.78 is 50.5. The van der Waals surface area contributed by atoms with Crippen molar-refractivity contribution in [2.45, 2.75) is 4.90 Å². The normalized spacial score (nSPS) is 11.5. The first-order chi connectivity index (χ1) is 8.41. The molecule has 0 aliphatic rings. The molecule has 93 valence electrons. The van der Waals surface area contributed by atoms with Gasteiger partial charge in [0.15, 0.2) is 9.84 Å². The molecule has 0 aliphatic heterocycles. The second kappa shape index (κ2) is 4.49. The standard InChI is InChI=1S/C13H9F2O2S/c1-18(16,17)12-8-3-2-5-9(12)13-10(14)6-4-7-11(13)15/h2-7H,1H3. The topological polar surface area (TPSA) is 34.1 Å². The number of hydrogen-bond donors (Lipinski definition) is 0. The average Bonchev–Trinajstić information content (AvgIpc) is 2.28. The largest absolute Gasteiger partial charge is 0.224 e. The molecule has 0 fully saturated rings. The van der Waals surface area contributed by atoms with Crippen molar-refractivity contribution in [3.05, 3.63) is 54.1 Å². The highest BCUT2D eigenvalue weighted by Crippen LogP contribution is 2.31. The Hall–Kier alpha value is -1.75. The van der Waals surface area contributed by atoms with Gasteiger partial charge in [-0.25, -0.2) is 17.2 Å². The predicted octanol–water partition coefficient (Wildman–Crippen LogP) is 2.84. The summed E-state index contributed by atoms with van der Waals surface area (Å²) in [6.07, 6.45) is 0.973. The van der Waals surface area contributed by atoms with Gasteiger partial charge in [-0.15, -0.1) is 0 Å². The molecule has 2 aromatic rings. The van der Waals surface area contributed by atoms with Gasteiger partial charge in [-0.1, -0.05) is 24.3 Å². The molecule has 2 rings (SSSR count). The third-order valence-corrected chi connectivity index (χ3v) is 3.50. The Morgan fingerprint density at radius 1 is 1.06 bits per heavy atom. The van der Waals surface area contributed by atoms with Gasteiger partial charge in [-0.05, 0) is 12.1 Å². The molecule has 18 heavy (non-hydrogen) atoms. The summed E-state index contributed by atoms with van der Waals surface area (Å²) in [5, 5.41) is 0. The highest BCUT2D eigenvalue weighted by molar-refractivity contribution is 7.90. The summed E-state index contributed by atoms with van der Waals surface area (Å²) >= 11 is 0. The Morgan fingerprint density at radius 2 is 1.67 bits per heavy atom. The van der Waals surface area contributed by atoms with Gasteiger partial charge in [0, 0.05) is 17.9 Å². The van der Waals surface area contributed by atoms with Crippen molar-refractivity contribution in [3.63, 3.8) is 0 Å². The molecule has 0 saturated heterocycles. The van der Waals surface area contributed by atoms with Crippen LogP contribution in [0.1, 0.15) is 0 Å². The van der Waals surface area contributed by atoms with Crippen molar-refractivity contribution < 1.29 is 17.2 Å². The maximum absolute atomic E-state index is 13.7. The van der Waals surface area contributed by atoms with E-state index in [0.717, 1.165) is 18.4 Å². The summed E-state index contributed by atoms with van der Waals surface area (Å²) in [5.74, 6) is -1.61. The van der Waals surface area contributed by atoms with Gasteiger partial charge < -0.3 is 0 Å². The van der Waals surface area contributed by atoms with Crippen LogP contribution in [0.25, 0.3) is 11.1 Å². The van der Waals surface area contributed by atoms with Crippen molar-refractivity contribution >= 4 is 9.84 Å². The fraction of sp³-hybridized carbons (Fsp3) is 0.0769. The van der Waals surface area contributed by atoms with E-state index in [0.29, 0.717) is 0 Å². The van der Waals surface area contributed by atoms with E-state index in [2.05, 4.69) is 6.07 Å². The van der Waals surface area contributed by atoms with Crippen LogP contribution in [0.4, 0.5) is 8.78 Å².